The number of hydrogen-bond donors (Lipinski definition) is 1. The molecule has 2 aromatic rings. The average molecular weight is 299 g/mol. The molecule has 0 aliphatic rings. The molecule has 0 aliphatic heterocycles. The molecule has 1 amide bonds. The molecule has 22 heavy (non-hydrogen) atoms. The van der Waals surface area contributed by atoms with Gasteiger partial charge in [0.15, 0.2) is 6.61 Å². The van der Waals surface area contributed by atoms with E-state index >= 15 is 0 Å². The Hall–Kier alpha value is -2.33. The van der Waals surface area contributed by atoms with Crippen LogP contribution in [0.3, 0.4) is 0 Å². The lowest BCUT2D eigenvalue weighted by atomic mass is 10.1. The summed E-state index contributed by atoms with van der Waals surface area (Å²) in [5, 5.41) is 2.86. The molecular weight excluding hydrogens is 278 g/mol. The maximum atomic E-state index is 11.9. The number of rotatable bonds is 7. The molecule has 0 atom stereocenters. The Morgan fingerprint density at radius 2 is 1.73 bits per heavy atom. The van der Waals surface area contributed by atoms with Gasteiger partial charge in [0.25, 0.3) is 5.91 Å². The second-order valence-corrected chi connectivity index (χ2v) is 5.08. The third-order valence-electron chi connectivity index (χ3n) is 3.29. The van der Waals surface area contributed by atoms with Gasteiger partial charge in [-0.05, 0) is 30.2 Å². The van der Waals surface area contributed by atoms with E-state index in [2.05, 4.69) is 5.32 Å². The summed E-state index contributed by atoms with van der Waals surface area (Å²) in [5.41, 5.74) is 3.28. The fourth-order valence-electron chi connectivity index (χ4n) is 2.05. The Morgan fingerprint density at radius 1 is 1.05 bits per heavy atom. The topological polar surface area (TPSA) is 47.6 Å². The maximum Gasteiger partial charge on any atom is 0.258 e. The van der Waals surface area contributed by atoms with Gasteiger partial charge >= 0.3 is 0 Å². The van der Waals surface area contributed by atoms with Crippen molar-refractivity contribution in [2.75, 3.05) is 13.7 Å². The predicted molar refractivity (Wildman–Crippen MR) is 85.7 cm³/mol. The van der Waals surface area contributed by atoms with Crippen LogP contribution in [0.5, 0.6) is 5.75 Å². The molecule has 4 nitrogen and oxygen atoms in total. The summed E-state index contributed by atoms with van der Waals surface area (Å²) in [6.45, 7) is 3.02. The van der Waals surface area contributed by atoms with Crippen LogP contribution in [0.4, 0.5) is 0 Å². The minimum absolute atomic E-state index is 0.00943. The van der Waals surface area contributed by atoms with E-state index in [1.54, 1.807) is 7.11 Å². The van der Waals surface area contributed by atoms with Gasteiger partial charge in [0, 0.05) is 13.7 Å². The molecule has 2 rings (SSSR count). The van der Waals surface area contributed by atoms with E-state index in [9.17, 15) is 4.79 Å². The fourth-order valence-corrected chi connectivity index (χ4v) is 2.05. The first kappa shape index (κ1) is 16.0. The molecule has 0 bridgehead atoms. The number of carbonyl (C=O) groups excluding carboxylic acids is 1. The van der Waals surface area contributed by atoms with E-state index in [-0.39, 0.29) is 12.5 Å². The monoisotopic (exact) mass is 299 g/mol. The van der Waals surface area contributed by atoms with Crippen molar-refractivity contribution in [1.29, 1.82) is 0 Å². The van der Waals surface area contributed by atoms with Crippen molar-refractivity contribution in [3.63, 3.8) is 0 Å². The highest BCUT2D eigenvalue weighted by Gasteiger charge is 2.05. The van der Waals surface area contributed by atoms with Crippen LogP contribution in [-0.2, 0) is 22.7 Å². The van der Waals surface area contributed by atoms with E-state index in [0.29, 0.717) is 18.9 Å². The van der Waals surface area contributed by atoms with Gasteiger partial charge in [0.2, 0.25) is 0 Å². The van der Waals surface area contributed by atoms with E-state index < -0.39 is 0 Å². The van der Waals surface area contributed by atoms with Crippen LogP contribution in [-0.4, -0.2) is 19.6 Å². The predicted octanol–water partition coefficient (Wildman–Crippen LogP) is 2.84. The van der Waals surface area contributed by atoms with Crippen LogP contribution in [0, 0.1) is 6.92 Å². The molecule has 0 fully saturated rings. The maximum absolute atomic E-state index is 11.9. The second kappa shape index (κ2) is 8.20. The SMILES string of the molecule is COCc1ccccc1CNC(=O)COc1ccc(C)cc1. The summed E-state index contributed by atoms with van der Waals surface area (Å²) in [6, 6.07) is 15.5. The van der Waals surface area contributed by atoms with Crippen molar-refractivity contribution < 1.29 is 14.3 Å². The molecule has 0 aromatic heterocycles. The molecule has 2 aromatic carbocycles. The molecule has 0 heterocycles. The summed E-state index contributed by atoms with van der Waals surface area (Å²) in [4.78, 5) is 11.9. The quantitative estimate of drug-likeness (QED) is 0.855. The third-order valence-corrected chi connectivity index (χ3v) is 3.29. The number of aryl methyl sites for hydroxylation is 1. The molecular formula is C18H21NO3. The van der Waals surface area contributed by atoms with Crippen LogP contribution in [0.2, 0.25) is 0 Å². The minimum Gasteiger partial charge on any atom is -0.484 e. The van der Waals surface area contributed by atoms with Crippen molar-refractivity contribution in [3.05, 3.63) is 65.2 Å². The van der Waals surface area contributed by atoms with E-state index in [1.165, 1.54) is 0 Å². The van der Waals surface area contributed by atoms with E-state index in [0.717, 1.165) is 16.7 Å². The number of hydrogen-bond acceptors (Lipinski definition) is 3. The first-order chi connectivity index (χ1) is 10.7. The number of ether oxygens (including phenoxy) is 2. The fraction of sp³-hybridized carbons (Fsp3) is 0.278. The highest BCUT2D eigenvalue weighted by atomic mass is 16.5. The minimum atomic E-state index is -0.146. The zero-order valence-electron chi connectivity index (χ0n) is 13.0. The van der Waals surface area contributed by atoms with Crippen molar-refractivity contribution >= 4 is 5.91 Å². The highest BCUT2D eigenvalue weighted by Crippen LogP contribution is 2.11. The van der Waals surface area contributed by atoms with E-state index in [4.69, 9.17) is 9.47 Å². The van der Waals surface area contributed by atoms with Crippen molar-refractivity contribution in [2.24, 2.45) is 0 Å². The van der Waals surface area contributed by atoms with Gasteiger partial charge in [-0.1, -0.05) is 42.0 Å². The lowest BCUT2D eigenvalue weighted by Crippen LogP contribution is -2.28. The number of methoxy groups -OCH3 is 1. The van der Waals surface area contributed by atoms with E-state index in [1.807, 2.05) is 55.5 Å². The van der Waals surface area contributed by atoms with Gasteiger partial charge in [0.05, 0.1) is 6.61 Å². The standard InChI is InChI=1S/C18H21NO3/c1-14-7-9-17(10-8-14)22-13-18(20)19-11-15-5-3-4-6-16(15)12-21-2/h3-10H,11-13H2,1-2H3,(H,19,20). The molecule has 116 valence electrons. The Morgan fingerprint density at radius 3 is 2.41 bits per heavy atom. The van der Waals surface area contributed by atoms with Crippen LogP contribution in [0.1, 0.15) is 16.7 Å². The second-order valence-electron chi connectivity index (χ2n) is 5.08. The molecule has 0 unspecified atom stereocenters. The zero-order chi connectivity index (χ0) is 15.8. The number of nitrogens with one attached hydrogen (secondary N) is 1. The number of carbonyl (C=O) groups is 1. The van der Waals surface area contributed by atoms with Crippen LogP contribution in [0.25, 0.3) is 0 Å². The normalized spacial score (nSPS) is 10.3. The Bertz CT molecular complexity index is 608. The van der Waals surface area contributed by atoms with Crippen LogP contribution >= 0.6 is 0 Å². The van der Waals surface area contributed by atoms with Gasteiger partial charge < -0.3 is 14.8 Å². The van der Waals surface area contributed by atoms with Crippen LogP contribution < -0.4 is 10.1 Å². The number of benzene rings is 2. The molecule has 4 heteroatoms. The largest absolute Gasteiger partial charge is 0.484 e. The summed E-state index contributed by atoms with van der Waals surface area (Å²) >= 11 is 0. The molecule has 1 N–H and O–H groups in total. The summed E-state index contributed by atoms with van der Waals surface area (Å²) in [6.07, 6.45) is 0. The molecule has 0 spiro atoms. The number of amides is 1. The average Bonchev–Trinajstić information content (AvgIpc) is 2.54. The van der Waals surface area contributed by atoms with Crippen molar-refractivity contribution in [1.82, 2.24) is 5.32 Å². The van der Waals surface area contributed by atoms with Gasteiger partial charge in [0.1, 0.15) is 5.75 Å². The Labute approximate surface area is 131 Å². The van der Waals surface area contributed by atoms with Crippen molar-refractivity contribution in [3.8, 4) is 5.75 Å². The van der Waals surface area contributed by atoms with Crippen molar-refractivity contribution in [2.45, 2.75) is 20.1 Å². The van der Waals surface area contributed by atoms with Gasteiger partial charge in [-0.2, -0.15) is 0 Å². The molecule has 0 saturated carbocycles. The zero-order valence-corrected chi connectivity index (χ0v) is 13.0. The lowest BCUT2D eigenvalue weighted by Gasteiger charge is -2.11. The first-order valence-electron chi connectivity index (χ1n) is 7.21. The lowest BCUT2D eigenvalue weighted by molar-refractivity contribution is -0.123. The van der Waals surface area contributed by atoms with Gasteiger partial charge in [-0.25, -0.2) is 0 Å². The third kappa shape index (κ3) is 4.90. The molecule has 0 saturated heterocycles. The summed E-state index contributed by atoms with van der Waals surface area (Å²) < 4.78 is 10.6. The van der Waals surface area contributed by atoms with Gasteiger partial charge in [-0.15, -0.1) is 0 Å². The highest BCUT2D eigenvalue weighted by molar-refractivity contribution is 5.77. The van der Waals surface area contributed by atoms with Gasteiger partial charge in [-0.3, -0.25) is 4.79 Å². The summed E-state index contributed by atoms with van der Waals surface area (Å²) in [5.74, 6) is 0.549. The Kier molecular flexibility index (Phi) is 5.98. The first-order valence-corrected chi connectivity index (χ1v) is 7.21. The Balaban J connectivity index is 1.81. The molecule has 0 aliphatic carbocycles. The smallest absolute Gasteiger partial charge is 0.258 e. The van der Waals surface area contributed by atoms with Crippen LogP contribution in [0.15, 0.2) is 48.5 Å². The summed E-state index contributed by atoms with van der Waals surface area (Å²) in [7, 11) is 1.66. The molecule has 0 radical (unpaired) electrons.